The lowest BCUT2D eigenvalue weighted by atomic mass is 10.0. The van der Waals surface area contributed by atoms with Gasteiger partial charge in [0.05, 0.1) is 0 Å². The van der Waals surface area contributed by atoms with Crippen molar-refractivity contribution >= 4 is 11.9 Å². The molecular formula is C35H66O4. The first-order valence-electron chi connectivity index (χ1n) is 17.2. The number of hydrogen-bond donors (Lipinski definition) is 1. The lowest BCUT2D eigenvalue weighted by molar-refractivity contribution is -0.149. The van der Waals surface area contributed by atoms with Gasteiger partial charge in [-0.05, 0) is 57.8 Å². The van der Waals surface area contributed by atoms with Crippen molar-refractivity contribution < 1.29 is 19.4 Å². The van der Waals surface area contributed by atoms with Gasteiger partial charge >= 0.3 is 11.9 Å². The number of unbranched alkanes of at least 4 members (excludes halogenated alkanes) is 21. The fourth-order valence-electron chi connectivity index (χ4n) is 5.17. The lowest BCUT2D eigenvalue weighted by Gasteiger charge is -2.16. The Morgan fingerprint density at radius 3 is 1.44 bits per heavy atom. The van der Waals surface area contributed by atoms with Crippen molar-refractivity contribution in [3.8, 4) is 0 Å². The van der Waals surface area contributed by atoms with Crippen molar-refractivity contribution in [3.63, 3.8) is 0 Å². The average Bonchev–Trinajstić information content (AvgIpc) is 2.92. The highest BCUT2D eigenvalue weighted by atomic mass is 16.5. The number of carbonyl (C=O) groups excluding carboxylic acids is 1. The van der Waals surface area contributed by atoms with E-state index in [0.717, 1.165) is 44.9 Å². The van der Waals surface area contributed by atoms with E-state index in [1.165, 1.54) is 122 Å². The Labute approximate surface area is 243 Å². The minimum absolute atomic E-state index is 0.00723. The van der Waals surface area contributed by atoms with Crippen molar-refractivity contribution in [2.45, 2.75) is 200 Å². The monoisotopic (exact) mass is 550 g/mol. The topological polar surface area (TPSA) is 63.6 Å². The smallest absolute Gasteiger partial charge is 0.306 e. The predicted octanol–water partition coefficient (Wildman–Crippen LogP) is 11.5. The summed E-state index contributed by atoms with van der Waals surface area (Å²) >= 11 is 0. The predicted molar refractivity (Wildman–Crippen MR) is 167 cm³/mol. The van der Waals surface area contributed by atoms with Crippen LogP contribution in [0.3, 0.4) is 0 Å². The van der Waals surface area contributed by atoms with E-state index in [4.69, 9.17) is 9.84 Å². The van der Waals surface area contributed by atoms with Crippen LogP contribution in [0, 0.1) is 0 Å². The number of carboxylic acid groups (broad SMARTS) is 1. The summed E-state index contributed by atoms with van der Waals surface area (Å²) < 4.78 is 5.76. The molecule has 4 nitrogen and oxygen atoms in total. The molecule has 0 fully saturated rings. The Bertz CT molecular complexity index is 557. The van der Waals surface area contributed by atoms with Crippen LogP contribution < -0.4 is 0 Å². The van der Waals surface area contributed by atoms with Gasteiger partial charge in [-0.25, -0.2) is 0 Å². The molecule has 39 heavy (non-hydrogen) atoms. The fourth-order valence-corrected chi connectivity index (χ4v) is 5.17. The average molecular weight is 551 g/mol. The Morgan fingerprint density at radius 1 is 0.564 bits per heavy atom. The van der Waals surface area contributed by atoms with Gasteiger partial charge in [-0.1, -0.05) is 135 Å². The molecule has 0 aromatic heterocycles. The zero-order valence-electron chi connectivity index (χ0n) is 26.2. The third-order valence-corrected chi connectivity index (χ3v) is 7.81. The summed E-state index contributed by atoms with van der Waals surface area (Å²) in [7, 11) is 0. The van der Waals surface area contributed by atoms with Crippen molar-refractivity contribution in [3.05, 3.63) is 12.2 Å². The van der Waals surface area contributed by atoms with Crippen LogP contribution in [0.4, 0.5) is 0 Å². The van der Waals surface area contributed by atoms with Crippen LogP contribution in [-0.2, 0) is 14.3 Å². The van der Waals surface area contributed by atoms with Gasteiger partial charge in [0.15, 0.2) is 0 Å². The summed E-state index contributed by atoms with van der Waals surface area (Å²) in [5, 5.41) is 8.64. The SMILES string of the molecule is CCCCCC/C=C\CCCCCCCCC(=O)OC(CC)CCCCCCCCCCCCCCC(=O)O. The molecule has 0 spiro atoms. The fraction of sp³-hybridized carbons (Fsp3) is 0.886. The zero-order chi connectivity index (χ0) is 28.7. The molecule has 230 valence electrons. The van der Waals surface area contributed by atoms with Crippen molar-refractivity contribution in [2.24, 2.45) is 0 Å². The largest absolute Gasteiger partial charge is 0.481 e. The second kappa shape index (κ2) is 31.2. The molecule has 0 amide bonds. The van der Waals surface area contributed by atoms with Crippen LogP contribution in [0.5, 0.6) is 0 Å². The van der Waals surface area contributed by atoms with Gasteiger partial charge in [0, 0.05) is 12.8 Å². The first-order valence-corrected chi connectivity index (χ1v) is 17.2. The van der Waals surface area contributed by atoms with E-state index in [1.54, 1.807) is 0 Å². The minimum Gasteiger partial charge on any atom is -0.481 e. The van der Waals surface area contributed by atoms with Crippen molar-refractivity contribution in [2.75, 3.05) is 0 Å². The first-order chi connectivity index (χ1) is 19.1. The molecule has 1 N–H and O–H groups in total. The van der Waals surface area contributed by atoms with Crippen LogP contribution in [0.15, 0.2) is 12.2 Å². The Hall–Kier alpha value is -1.32. The maximum absolute atomic E-state index is 12.2. The van der Waals surface area contributed by atoms with Gasteiger partial charge in [0.25, 0.3) is 0 Å². The number of carboxylic acids is 1. The number of allylic oxidation sites excluding steroid dienone is 2. The number of esters is 1. The standard InChI is InChI=1S/C35H66O4/c1-3-5-6-7-8-9-10-11-12-17-20-23-26-29-32-35(38)39-33(4-2)30-27-24-21-18-15-13-14-16-19-22-25-28-31-34(36)37/h9-10,33H,3-8,11-32H2,1-2H3,(H,36,37)/b10-9-. The molecule has 0 aliphatic rings. The van der Waals surface area contributed by atoms with E-state index >= 15 is 0 Å². The molecule has 1 unspecified atom stereocenters. The van der Waals surface area contributed by atoms with Gasteiger partial charge < -0.3 is 9.84 Å². The van der Waals surface area contributed by atoms with Crippen LogP contribution >= 0.6 is 0 Å². The van der Waals surface area contributed by atoms with Crippen LogP contribution in [0.25, 0.3) is 0 Å². The van der Waals surface area contributed by atoms with E-state index in [1.807, 2.05) is 0 Å². The van der Waals surface area contributed by atoms with Crippen LogP contribution in [0.2, 0.25) is 0 Å². The third-order valence-electron chi connectivity index (χ3n) is 7.81. The van der Waals surface area contributed by atoms with Gasteiger partial charge in [-0.3, -0.25) is 9.59 Å². The van der Waals surface area contributed by atoms with E-state index in [2.05, 4.69) is 26.0 Å². The highest BCUT2D eigenvalue weighted by Crippen LogP contribution is 2.16. The Balaban J connectivity index is 3.45. The number of ether oxygens (including phenoxy) is 1. The zero-order valence-corrected chi connectivity index (χ0v) is 26.2. The maximum atomic E-state index is 12.2. The molecule has 0 saturated heterocycles. The molecule has 1 atom stereocenters. The summed E-state index contributed by atoms with van der Waals surface area (Å²) in [6.45, 7) is 4.39. The minimum atomic E-state index is -0.671. The molecule has 0 heterocycles. The molecule has 4 heteroatoms. The molecule has 0 aromatic rings. The molecule has 0 aliphatic heterocycles. The molecule has 0 radical (unpaired) electrons. The molecule has 0 aliphatic carbocycles. The van der Waals surface area contributed by atoms with Gasteiger partial charge in [0.2, 0.25) is 0 Å². The summed E-state index contributed by atoms with van der Waals surface area (Å²) in [4.78, 5) is 22.7. The van der Waals surface area contributed by atoms with Crippen molar-refractivity contribution in [1.29, 1.82) is 0 Å². The third kappa shape index (κ3) is 31.1. The maximum Gasteiger partial charge on any atom is 0.306 e. The van der Waals surface area contributed by atoms with Crippen LogP contribution in [-0.4, -0.2) is 23.1 Å². The highest BCUT2D eigenvalue weighted by molar-refractivity contribution is 5.69. The van der Waals surface area contributed by atoms with E-state index in [-0.39, 0.29) is 12.1 Å². The van der Waals surface area contributed by atoms with E-state index in [9.17, 15) is 9.59 Å². The quantitative estimate of drug-likeness (QED) is 0.0529. The van der Waals surface area contributed by atoms with Crippen molar-refractivity contribution in [1.82, 2.24) is 0 Å². The first kappa shape index (κ1) is 37.7. The van der Waals surface area contributed by atoms with E-state index in [0.29, 0.717) is 12.8 Å². The normalized spacial score (nSPS) is 12.3. The molecular weight excluding hydrogens is 484 g/mol. The van der Waals surface area contributed by atoms with Crippen LogP contribution in [0.1, 0.15) is 194 Å². The summed E-state index contributed by atoms with van der Waals surface area (Å²) in [5.41, 5.74) is 0. The molecule has 0 bridgehead atoms. The molecule has 0 aromatic carbocycles. The van der Waals surface area contributed by atoms with Gasteiger partial charge in [-0.2, -0.15) is 0 Å². The van der Waals surface area contributed by atoms with E-state index < -0.39 is 5.97 Å². The van der Waals surface area contributed by atoms with Gasteiger partial charge in [0.1, 0.15) is 6.10 Å². The highest BCUT2D eigenvalue weighted by Gasteiger charge is 2.12. The second-order valence-electron chi connectivity index (χ2n) is 11.7. The summed E-state index contributed by atoms with van der Waals surface area (Å²) in [5.74, 6) is -0.664. The number of rotatable bonds is 31. The Kier molecular flexibility index (Phi) is 30.2. The molecule has 0 rings (SSSR count). The Morgan fingerprint density at radius 2 is 0.974 bits per heavy atom. The number of hydrogen-bond acceptors (Lipinski definition) is 3. The number of aliphatic carboxylic acids is 1. The van der Waals surface area contributed by atoms with Gasteiger partial charge in [-0.15, -0.1) is 0 Å². The molecule has 0 saturated carbocycles. The lowest BCUT2D eigenvalue weighted by Crippen LogP contribution is -2.17. The summed E-state index contributed by atoms with van der Waals surface area (Å²) in [6.07, 6.45) is 37.3. The summed E-state index contributed by atoms with van der Waals surface area (Å²) in [6, 6.07) is 0. The number of carbonyl (C=O) groups is 2. The second-order valence-corrected chi connectivity index (χ2v) is 11.7.